The van der Waals surface area contributed by atoms with E-state index in [1.807, 2.05) is 65.6 Å². The van der Waals surface area contributed by atoms with Crippen LogP contribution in [-0.4, -0.2) is 28.9 Å². The molecule has 1 aliphatic heterocycles. The molecule has 1 saturated heterocycles. The van der Waals surface area contributed by atoms with Gasteiger partial charge < -0.3 is 15.0 Å². The van der Waals surface area contributed by atoms with Gasteiger partial charge in [0.15, 0.2) is 0 Å². The van der Waals surface area contributed by atoms with Crippen LogP contribution >= 0.6 is 0 Å². The van der Waals surface area contributed by atoms with Crippen molar-refractivity contribution in [3.63, 3.8) is 0 Å². The molecule has 0 aliphatic carbocycles. The van der Waals surface area contributed by atoms with E-state index in [2.05, 4.69) is 10.3 Å². The Labute approximate surface area is 165 Å². The summed E-state index contributed by atoms with van der Waals surface area (Å²) in [4.78, 5) is 18.6. The van der Waals surface area contributed by atoms with E-state index in [-0.39, 0.29) is 5.91 Å². The predicted octanol–water partition coefficient (Wildman–Crippen LogP) is 4.64. The van der Waals surface area contributed by atoms with Crippen LogP contribution in [0, 0.1) is 0 Å². The highest BCUT2D eigenvalue weighted by atomic mass is 16.5. The summed E-state index contributed by atoms with van der Waals surface area (Å²) in [6.45, 7) is 2.19. The summed E-state index contributed by atoms with van der Waals surface area (Å²) >= 11 is 0. The molecule has 0 atom stereocenters. The molecule has 4 rings (SSSR count). The average molecular weight is 373 g/mol. The first kappa shape index (κ1) is 18.0. The van der Waals surface area contributed by atoms with Crippen molar-refractivity contribution in [2.45, 2.75) is 19.4 Å². The summed E-state index contributed by atoms with van der Waals surface area (Å²) in [5.74, 6) is 0.819. The first-order chi connectivity index (χ1) is 13.8. The van der Waals surface area contributed by atoms with Gasteiger partial charge in [0.2, 0.25) is 0 Å². The van der Waals surface area contributed by atoms with E-state index in [9.17, 15) is 4.79 Å². The second-order valence-corrected chi connectivity index (χ2v) is 6.85. The molecule has 0 unspecified atom stereocenters. The Hall–Kier alpha value is -3.34. The number of ether oxygens (including phenoxy) is 1. The number of anilines is 2. The van der Waals surface area contributed by atoms with Crippen LogP contribution in [0.3, 0.4) is 0 Å². The minimum absolute atomic E-state index is 0.00538. The van der Waals surface area contributed by atoms with Crippen LogP contribution in [-0.2, 0) is 6.61 Å². The lowest BCUT2D eigenvalue weighted by atomic mass is 10.2. The standard InChI is InChI=1S/C23H23N3O2/c27-23(26-14-4-5-15-26)22-16-20(12-13-24-22)25-19-8-10-21(11-9-19)28-17-18-6-2-1-3-7-18/h1-3,6-13,16H,4-5,14-15,17H2,(H,24,25). The second kappa shape index (κ2) is 8.57. The predicted molar refractivity (Wildman–Crippen MR) is 110 cm³/mol. The number of likely N-dealkylation sites (tertiary alicyclic amines) is 1. The number of carbonyl (C=O) groups excluding carboxylic acids is 1. The number of benzene rings is 2. The Kier molecular flexibility index (Phi) is 5.52. The van der Waals surface area contributed by atoms with Gasteiger partial charge in [-0.25, -0.2) is 0 Å². The van der Waals surface area contributed by atoms with Crippen LogP contribution in [0.15, 0.2) is 72.9 Å². The zero-order valence-electron chi connectivity index (χ0n) is 15.7. The molecule has 1 aliphatic rings. The lowest BCUT2D eigenvalue weighted by Crippen LogP contribution is -2.28. The van der Waals surface area contributed by atoms with Gasteiger partial charge >= 0.3 is 0 Å². The molecule has 5 heteroatoms. The maximum Gasteiger partial charge on any atom is 0.272 e. The fourth-order valence-corrected chi connectivity index (χ4v) is 3.25. The summed E-state index contributed by atoms with van der Waals surface area (Å²) < 4.78 is 5.82. The Morgan fingerprint density at radius 1 is 0.964 bits per heavy atom. The molecule has 2 heterocycles. The minimum atomic E-state index is 0.00538. The van der Waals surface area contributed by atoms with Crippen LogP contribution in [0.1, 0.15) is 28.9 Å². The molecule has 0 radical (unpaired) electrons. The van der Waals surface area contributed by atoms with Gasteiger partial charge in [0, 0.05) is 30.7 Å². The number of hydrogen-bond acceptors (Lipinski definition) is 4. The number of amides is 1. The molecular formula is C23H23N3O2. The molecule has 0 saturated carbocycles. The highest BCUT2D eigenvalue weighted by Crippen LogP contribution is 2.22. The monoisotopic (exact) mass is 373 g/mol. The van der Waals surface area contributed by atoms with Gasteiger partial charge in [-0.2, -0.15) is 0 Å². The van der Waals surface area contributed by atoms with Gasteiger partial charge in [-0.3, -0.25) is 9.78 Å². The fraction of sp³-hybridized carbons (Fsp3) is 0.217. The van der Waals surface area contributed by atoms with E-state index in [4.69, 9.17) is 4.74 Å². The molecule has 2 aromatic carbocycles. The van der Waals surface area contributed by atoms with Crippen LogP contribution in [0.4, 0.5) is 11.4 Å². The maximum absolute atomic E-state index is 12.5. The fourth-order valence-electron chi connectivity index (χ4n) is 3.25. The number of nitrogens with one attached hydrogen (secondary N) is 1. The van der Waals surface area contributed by atoms with Gasteiger partial charge in [-0.15, -0.1) is 0 Å². The third-order valence-corrected chi connectivity index (χ3v) is 4.76. The summed E-state index contributed by atoms with van der Waals surface area (Å²) in [5.41, 5.74) is 3.39. The van der Waals surface area contributed by atoms with Gasteiger partial charge in [-0.05, 0) is 54.8 Å². The van der Waals surface area contributed by atoms with Crippen LogP contribution in [0.5, 0.6) is 5.75 Å². The average Bonchev–Trinajstić information content (AvgIpc) is 3.29. The molecule has 0 bridgehead atoms. The third-order valence-electron chi connectivity index (χ3n) is 4.76. The van der Waals surface area contributed by atoms with E-state index in [1.165, 1.54) is 0 Å². The second-order valence-electron chi connectivity index (χ2n) is 6.85. The topological polar surface area (TPSA) is 54.5 Å². The van der Waals surface area contributed by atoms with Crippen LogP contribution < -0.4 is 10.1 Å². The Bertz CT molecular complexity index is 920. The highest BCUT2D eigenvalue weighted by Gasteiger charge is 2.20. The SMILES string of the molecule is O=C(c1cc(Nc2ccc(OCc3ccccc3)cc2)ccn1)N1CCCC1. The molecule has 1 aromatic heterocycles. The van der Waals surface area contributed by atoms with Crippen molar-refractivity contribution in [1.29, 1.82) is 0 Å². The molecule has 1 N–H and O–H groups in total. The van der Waals surface area contributed by atoms with E-state index in [0.717, 1.165) is 48.6 Å². The highest BCUT2D eigenvalue weighted by molar-refractivity contribution is 5.93. The van der Waals surface area contributed by atoms with E-state index < -0.39 is 0 Å². The summed E-state index contributed by atoms with van der Waals surface area (Å²) in [6.07, 6.45) is 3.81. The van der Waals surface area contributed by atoms with Crippen molar-refractivity contribution in [3.8, 4) is 5.75 Å². The summed E-state index contributed by atoms with van der Waals surface area (Å²) in [5, 5.41) is 3.32. The summed E-state index contributed by atoms with van der Waals surface area (Å²) in [7, 11) is 0. The van der Waals surface area contributed by atoms with Crippen LogP contribution in [0.25, 0.3) is 0 Å². The number of rotatable bonds is 6. The molecule has 28 heavy (non-hydrogen) atoms. The molecule has 1 amide bonds. The molecule has 1 fully saturated rings. The minimum Gasteiger partial charge on any atom is -0.489 e. The number of nitrogens with zero attached hydrogens (tertiary/aromatic N) is 2. The van der Waals surface area contributed by atoms with Crippen LogP contribution in [0.2, 0.25) is 0 Å². The third kappa shape index (κ3) is 4.49. The number of carbonyl (C=O) groups is 1. The Morgan fingerprint density at radius 2 is 1.71 bits per heavy atom. The molecule has 0 spiro atoms. The Morgan fingerprint density at radius 3 is 2.46 bits per heavy atom. The molecular weight excluding hydrogens is 350 g/mol. The Balaban J connectivity index is 1.37. The first-order valence-corrected chi connectivity index (χ1v) is 9.57. The zero-order chi connectivity index (χ0) is 19.2. The van der Waals surface area contributed by atoms with Crippen molar-refractivity contribution in [2.75, 3.05) is 18.4 Å². The molecule has 3 aromatic rings. The van der Waals surface area contributed by atoms with Gasteiger partial charge in [0.25, 0.3) is 5.91 Å². The lowest BCUT2D eigenvalue weighted by Gasteiger charge is -2.15. The van der Waals surface area contributed by atoms with Gasteiger partial charge in [0.1, 0.15) is 18.1 Å². The van der Waals surface area contributed by atoms with E-state index >= 15 is 0 Å². The van der Waals surface area contributed by atoms with Crippen molar-refractivity contribution in [3.05, 3.63) is 84.2 Å². The molecule has 5 nitrogen and oxygen atoms in total. The van der Waals surface area contributed by atoms with Crippen molar-refractivity contribution in [1.82, 2.24) is 9.88 Å². The van der Waals surface area contributed by atoms with E-state index in [1.54, 1.807) is 12.3 Å². The number of aromatic nitrogens is 1. The largest absolute Gasteiger partial charge is 0.489 e. The van der Waals surface area contributed by atoms with Crippen molar-refractivity contribution < 1.29 is 9.53 Å². The number of pyridine rings is 1. The van der Waals surface area contributed by atoms with Gasteiger partial charge in [-0.1, -0.05) is 30.3 Å². The summed E-state index contributed by atoms with van der Waals surface area (Å²) in [6, 6.07) is 21.5. The van der Waals surface area contributed by atoms with Gasteiger partial charge in [0.05, 0.1) is 0 Å². The maximum atomic E-state index is 12.5. The number of hydrogen-bond donors (Lipinski definition) is 1. The van der Waals surface area contributed by atoms with Crippen molar-refractivity contribution in [2.24, 2.45) is 0 Å². The smallest absolute Gasteiger partial charge is 0.272 e. The van der Waals surface area contributed by atoms with E-state index in [0.29, 0.717) is 12.3 Å². The molecule has 142 valence electrons. The van der Waals surface area contributed by atoms with Crippen molar-refractivity contribution >= 4 is 17.3 Å². The lowest BCUT2D eigenvalue weighted by molar-refractivity contribution is 0.0787. The first-order valence-electron chi connectivity index (χ1n) is 9.57. The quantitative estimate of drug-likeness (QED) is 0.684. The zero-order valence-corrected chi connectivity index (χ0v) is 15.7. The normalized spacial score (nSPS) is 13.4.